The molecule has 146 valence electrons. The summed E-state index contributed by atoms with van der Waals surface area (Å²) in [6.07, 6.45) is 1.57. The molecular formula is C20H22N4O4. The monoisotopic (exact) mass is 382 g/mol. The summed E-state index contributed by atoms with van der Waals surface area (Å²) in [4.78, 5) is 50.0. The zero-order chi connectivity index (χ0) is 19.4. The Hall–Kier alpha value is -2.58. The highest BCUT2D eigenvalue weighted by Gasteiger charge is 2.47. The Bertz CT molecular complexity index is 898. The van der Waals surface area contributed by atoms with Crippen molar-refractivity contribution in [2.24, 2.45) is 11.8 Å². The minimum atomic E-state index is -0.923. The van der Waals surface area contributed by atoms with Crippen molar-refractivity contribution in [1.29, 1.82) is 0 Å². The number of hydrogen-bond donors (Lipinski definition) is 3. The zero-order valence-electron chi connectivity index (χ0n) is 15.4. The van der Waals surface area contributed by atoms with Crippen LogP contribution in [-0.4, -0.2) is 53.7 Å². The Kier molecular flexibility index (Phi) is 4.06. The molecule has 3 fully saturated rings. The van der Waals surface area contributed by atoms with Gasteiger partial charge in [-0.3, -0.25) is 29.4 Å². The molecule has 3 heterocycles. The SMILES string of the molecule is O=C1CCC(N2C(=O)c3ccc(CNCC4CNC5CC45)cc3C2=O)C(=O)N1. The van der Waals surface area contributed by atoms with Crippen molar-refractivity contribution >= 4 is 23.6 Å². The smallest absolute Gasteiger partial charge is 0.262 e. The van der Waals surface area contributed by atoms with Crippen LogP contribution in [0.25, 0.3) is 0 Å². The van der Waals surface area contributed by atoms with Crippen LogP contribution in [0.15, 0.2) is 18.2 Å². The summed E-state index contributed by atoms with van der Waals surface area (Å²) in [5.74, 6) is -0.431. The summed E-state index contributed by atoms with van der Waals surface area (Å²) >= 11 is 0. The summed E-state index contributed by atoms with van der Waals surface area (Å²) in [7, 11) is 0. The summed E-state index contributed by atoms with van der Waals surface area (Å²) < 4.78 is 0. The number of carbonyl (C=O) groups is 4. The second-order valence-electron chi connectivity index (χ2n) is 8.13. The van der Waals surface area contributed by atoms with Crippen molar-refractivity contribution < 1.29 is 19.2 Å². The first-order valence-corrected chi connectivity index (χ1v) is 9.81. The molecule has 0 radical (unpaired) electrons. The van der Waals surface area contributed by atoms with Gasteiger partial charge in [0.2, 0.25) is 11.8 Å². The van der Waals surface area contributed by atoms with E-state index >= 15 is 0 Å². The molecule has 1 aromatic carbocycles. The van der Waals surface area contributed by atoms with E-state index in [0.717, 1.165) is 29.5 Å². The average Bonchev–Trinajstić information content (AvgIpc) is 3.29. The number of imide groups is 2. The molecule has 4 aliphatic rings. The van der Waals surface area contributed by atoms with E-state index in [1.54, 1.807) is 12.1 Å². The minimum absolute atomic E-state index is 0.122. The van der Waals surface area contributed by atoms with Gasteiger partial charge in [-0.2, -0.15) is 0 Å². The van der Waals surface area contributed by atoms with Crippen LogP contribution in [0, 0.1) is 11.8 Å². The second kappa shape index (κ2) is 6.49. The first-order chi connectivity index (χ1) is 13.5. The lowest BCUT2D eigenvalue weighted by atomic mass is 10.0. The van der Waals surface area contributed by atoms with Crippen molar-refractivity contribution in [1.82, 2.24) is 20.9 Å². The highest BCUT2D eigenvalue weighted by molar-refractivity contribution is 6.23. The highest BCUT2D eigenvalue weighted by Crippen LogP contribution is 2.41. The van der Waals surface area contributed by atoms with E-state index in [2.05, 4.69) is 16.0 Å². The van der Waals surface area contributed by atoms with Gasteiger partial charge >= 0.3 is 0 Å². The Balaban J connectivity index is 1.27. The van der Waals surface area contributed by atoms with Gasteiger partial charge in [-0.05, 0) is 55.5 Å². The fourth-order valence-corrected chi connectivity index (χ4v) is 4.68. The topological polar surface area (TPSA) is 108 Å². The lowest BCUT2D eigenvalue weighted by Crippen LogP contribution is -2.54. The zero-order valence-corrected chi connectivity index (χ0v) is 15.4. The molecule has 4 atom stereocenters. The second-order valence-corrected chi connectivity index (χ2v) is 8.13. The largest absolute Gasteiger partial charge is 0.313 e. The lowest BCUT2D eigenvalue weighted by Gasteiger charge is -2.27. The first-order valence-electron chi connectivity index (χ1n) is 9.81. The number of rotatable bonds is 5. The number of hydrogen-bond acceptors (Lipinski definition) is 6. The maximum absolute atomic E-state index is 12.8. The van der Waals surface area contributed by atoms with Crippen LogP contribution >= 0.6 is 0 Å². The van der Waals surface area contributed by atoms with Crippen molar-refractivity contribution in [2.45, 2.75) is 37.9 Å². The molecule has 8 nitrogen and oxygen atoms in total. The molecule has 0 bridgehead atoms. The quantitative estimate of drug-likeness (QED) is 0.608. The van der Waals surface area contributed by atoms with E-state index in [0.29, 0.717) is 29.6 Å². The molecule has 3 aliphatic heterocycles. The van der Waals surface area contributed by atoms with Gasteiger partial charge in [0.1, 0.15) is 6.04 Å². The predicted molar refractivity (Wildman–Crippen MR) is 98.2 cm³/mol. The van der Waals surface area contributed by atoms with Crippen molar-refractivity contribution in [3.63, 3.8) is 0 Å². The molecule has 8 heteroatoms. The van der Waals surface area contributed by atoms with E-state index in [-0.39, 0.29) is 18.7 Å². The molecule has 0 aromatic heterocycles. The Morgan fingerprint density at radius 2 is 1.93 bits per heavy atom. The summed E-state index contributed by atoms with van der Waals surface area (Å²) in [5, 5.41) is 9.16. The van der Waals surface area contributed by atoms with E-state index in [1.165, 1.54) is 6.42 Å². The first kappa shape index (κ1) is 17.5. The molecule has 3 N–H and O–H groups in total. The lowest BCUT2D eigenvalue weighted by molar-refractivity contribution is -0.136. The van der Waals surface area contributed by atoms with E-state index < -0.39 is 23.8 Å². The molecule has 0 spiro atoms. The number of piperidine rings is 2. The molecular weight excluding hydrogens is 360 g/mol. The maximum Gasteiger partial charge on any atom is 0.262 e. The van der Waals surface area contributed by atoms with Gasteiger partial charge in [-0.15, -0.1) is 0 Å². The third-order valence-corrected chi connectivity index (χ3v) is 6.33. The van der Waals surface area contributed by atoms with Crippen molar-refractivity contribution in [3.8, 4) is 0 Å². The fraction of sp³-hybridized carbons (Fsp3) is 0.500. The van der Waals surface area contributed by atoms with Gasteiger partial charge in [0.25, 0.3) is 11.8 Å². The van der Waals surface area contributed by atoms with Gasteiger partial charge in [-0.1, -0.05) is 6.07 Å². The summed E-state index contributed by atoms with van der Waals surface area (Å²) in [5.41, 5.74) is 1.58. The minimum Gasteiger partial charge on any atom is -0.313 e. The van der Waals surface area contributed by atoms with Crippen LogP contribution in [0.4, 0.5) is 0 Å². The summed E-state index contributed by atoms with van der Waals surface area (Å²) in [6.45, 7) is 2.61. The number of carbonyl (C=O) groups excluding carboxylic acids is 4. The fourth-order valence-electron chi connectivity index (χ4n) is 4.68. The molecule has 2 saturated heterocycles. The maximum atomic E-state index is 12.8. The molecule has 1 aliphatic carbocycles. The number of benzene rings is 1. The van der Waals surface area contributed by atoms with Crippen molar-refractivity contribution in [3.05, 3.63) is 34.9 Å². The molecule has 28 heavy (non-hydrogen) atoms. The number of amides is 4. The molecule has 4 unspecified atom stereocenters. The van der Waals surface area contributed by atoms with Crippen LogP contribution in [0.2, 0.25) is 0 Å². The normalized spacial score (nSPS) is 31.1. The van der Waals surface area contributed by atoms with E-state index in [1.807, 2.05) is 6.07 Å². The Labute approximate surface area is 162 Å². The Morgan fingerprint density at radius 3 is 2.64 bits per heavy atom. The molecule has 4 amide bonds. The number of nitrogens with zero attached hydrogens (tertiary/aromatic N) is 1. The van der Waals surface area contributed by atoms with Crippen LogP contribution in [0.3, 0.4) is 0 Å². The van der Waals surface area contributed by atoms with Crippen LogP contribution in [0.1, 0.15) is 45.5 Å². The van der Waals surface area contributed by atoms with Gasteiger partial charge in [0, 0.05) is 19.0 Å². The third-order valence-electron chi connectivity index (χ3n) is 6.33. The molecule has 1 saturated carbocycles. The van der Waals surface area contributed by atoms with Gasteiger partial charge in [0.05, 0.1) is 11.1 Å². The standard InChI is InChI=1S/C20H22N4O4/c25-17-4-3-16(18(26)23-17)24-19(27)12-2-1-10(5-14(12)20(24)28)7-21-8-11-9-22-15-6-13(11)15/h1-2,5,11,13,15-16,21-22H,3-4,6-9H2,(H,23,25,26). The van der Waals surface area contributed by atoms with Crippen LogP contribution in [0.5, 0.6) is 0 Å². The molecule has 1 aromatic rings. The van der Waals surface area contributed by atoms with Crippen LogP contribution < -0.4 is 16.0 Å². The number of fused-ring (bicyclic) bond motifs is 2. The van der Waals surface area contributed by atoms with Gasteiger partial charge in [-0.25, -0.2) is 0 Å². The third kappa shape index (κ3) is 2.84. The molecule has 5 rings (SSSR count). The van der Waals surface area contributed by atoms with E-state index in [4.69, 9.17) is 0 Å². The Morgan fingerprint density at radius 1 is 1.11 bits per heavy atom. The van der Waals surface area contributed by atoms with Crippen LogP contribution in [-0.2, 0) is 16.1 Å². The van der Waals surface area contributed by atoms with E-state index in [9.17, 15) is 19.2 Å². The average molecular weight is 382 g/mol. The highest BCUT2D eigenvalue weighted by atomic mass is 16.2. The van der Waals surface area contributed by atoms with Gasteiger partial charge < -0.3 is 10.6 Å². The van der Waals surface area contributed by atoms with Gasteiger partial charge in [0.15, 0.2) is 0 Å². The summed E-state index contributed by atoms with van der Waals surface area (Å²) in [6, 6.07) is 5.03. The predicted octanol–water partition coefficient (Wildman–Crippen LogP) is -0.215. The number of nitrogens with one attached hydrogen (secondary N) is 3. The van der Waals surface area contributed by atoms with Crippen molar-refractivity contribution in [2.75, 3.05) is 13.1 Å².